The van der Waals surface area contributed by atoms with Gasteiger partial charge in [0.2, 0.25) is 0 Å². The van der Waals surface area contributed by atoms with E-state index in [1.165, 1.54) is 31.4 Å². The van der Waals surface area contributed by atoms with Crippen LogP contribution in [-0.2, 0) is 11.3 Å². The molecule has 0 bridgehead atoms. The minimum atomic E-state index is -0.412. The van der Waals surface area contributed by atoms with Crippen molar-refractivity contribution in [2.75, 3.05) is 5.43 Å². The quantitative estimate of drug-likeness (QED) is 0.485. The summed E-state index contributed by atoms with van der Waals surface area (Å²) in [6, 6.07) is 4.55. The number of non-ortho nitro benzene ring substituents is 1. The fourth-order valence-electron chi connectivity index (χ4n) is 2.39. The van der Waals surface area contributed by atoms with Gasteiger partial charge < -0.3 is 10.2 Å². The molecule has 0 spiro atoms. The van der Waals surface area contributed by atoms with Crippen LogP contribution >= 0.6 is 0 Å². The number of anilines is 1. The molecule has 3 N–H and O–H groups in total. The van der Waals surface area contributed by atoms with Gasteiger partial charge in [-0.05, 0) is 18.9 Å². The van der Waals surface area contributed by atoms with Crippen LogP contribution in [0.15, 0.2) is 18.2 Å². The van der Waals surface area contributed by atoms with Gasteiger partial charge in [0.15, 0.2) is 0 Å². The minimum absolute atomic E-state index is 0.0567. The summed E-state index contributed by atoms with van der Waals surface area (Å²) in [5.74, 6) is 5.41. The van der Waals surface area contributed by atoms with Crippen molar-refractivity contribution in [3.05, 3.63) is 33.9 Å². The van der Waals surface area contributed by atoms with Gasteiger partial charge in [0.25, 0.3) is 5.69 Å². The molecule has 0 aromatic heterocycles. The van der Waals surface area contributed by atoms with E-state index in [0.29, 0.717) is 12.3 Å². The Bertz CT molecular complexity index is 445. The predicted molar refractivity (Wildman–Crippen MR) is 72.6 cm³/mol. The van der Waals surface area contributed by atoms with E-state index in [-0.39, 0.29) is 11.8 Å². The van der Waals surface area contributed by atoms with E-state index in [0.717, 1.165) is 18.4 Å². The van der Waals surface area contributed by atoms with E-state index in [1.807, 2.05) is 0 Å². The summed E-state index contributed by atoms with van der Waals surface area (Å²) >= 11 is 0. The average Bonchev–Trinajstić information content (AvgIpc) is 2.45. The second-order valence-corrected chi connectivity index (χ2v) is 4.81. The van der Waals surface area contributed by atoms with Gasteiger partial charge in [-0.25, -0.2) is 0 Å². The second kappa shape index (κ2) is 6.49. The number of nitrogen functional groups attached to an aromatic ring is 1. The molecular weight excluding hydrogens is 246 g/mol. The SMILES string of the molecule is NNc1ccc([N+](=O)[O-])cc1COC1CCCCC1. The van der Waals surface area contributed by atoms with Crippen LogP contribution in [0.1, 0.15) is 37.7 Å². The molecular formula is C13H19N3O3. The van der Waals surface area contributed by atoms with E-state index in [1.54, 1.807) is 6.07 Å². The van der Waals surface area contributed by atoms with Crippen LogP contribution in [0.3, 0.4) is 0 Å². The molecule has 0 unspecified atom stereocenters. The maximum Gasteiger partial charge on any atom is 0.269 e. The van der Waals surface area contributed by atoms with E-state index in [9.17, 15) is 10.1 Å². The van der Waals surface area contributed by atoms with Gasteiger partial charge in [-0.2, -0.15) is 0 Å². The number of nitro groups is 1. The number of nitrogens with two attached hydrogens (primary N) is 1. The highest BCUT2D eigenvalue weighted by molar-refractivity contribution is 5.55. The monoisotopic (exact) mass is 265 g/mol. The van der Waals surface area contributed by atoms with Crippen LogP contribution in [-0.4, -0.2) is 11.0 Å². The first-order valence-electron chi connectivity index (χ1n) is 6.56. The maximum absolute atomic E-state index is 10.8. The average molecular weight is 265 g/mol. The maximum atomic E-state index is 10.8. The Labute approximate surface area is 112 Å². The molecule has 1 aliphatic carbocycles. The molecule has 104 valence electrons. The topological polar surface area (TPSA) is 90.4 Å². The van der Waals surface area contributed by atoms with Crippen LogP contribution in [0.5, 0.6) is 0 Å². The number of hydrogen-bond donors (Lipinski definition) is 2. The summed E-state index contributed by atoms with van der Waals surface area (Å²) < 4.78 is 5.83. The number of hydrazine groups is 1. The van der Waals surface area contributed by atoms with E-state index < -0.39 is 4.92 Å². The Morgan fingerprint density at radius 1 is 1.37 bits per heavy atom. The number of nitrogens with one attached hydrogen (secondary N) is 1. The molecule has 6 nitrogen and oxygen atoms in total. The van der Waals surface area contributed by atoms with Crippen molar-refractivity contribution >= 4 is 11.4 Å². The normalized spacial score (nSPS) is 16.3. The molecule has 1 aromatic rings. The highest BCUT2D eigenvalue weighted by Crippen LogP contribution is 2.25. The standard InChI is InChI=1S/C13H19N3O3/c14-15-13-7-6-11(16(17)18)8-10(13)9-19-12-4-2-1-3-5-12/h6-8,12,15H,1-5,9,14H2. The number of nitro benzene ring substituents is 1. The Morgan fingerprint density at radius 2 is 2.11 bits per heavy atom. The zero-order valence-electron chi connectivity index (χ0n) is 10.8. The Hall–Kier alpha value is -1.66. The Balaban J connectivity index is 2.04. The van der Waals surface area contributed by atoms with Crippen molar-refractivity contribution in [3.8, 4) is 0 Å². The third-order valence-electron chi connectivity index (χ3n) is 3.48. The molecule has 1 aliphatic rings. The third-order valence-corrected chi connectivity index (χ3v) is 3.48. The number of nitrogens with zero attached hydrogens (tertiary/aromatic N) is 1. The molecule has 1 saturated carbocycles. The van der Waals surface area contributed by atoms with Gasteiger partial charge in [-0.3, -0.25) is 16.0 Å². The summed E-state index contributed by atoms with van der Waals surface area (Å²) in [7, 11) is 0. The highest BCUT2D eigenvalue weighted by Gasteiger charge is 2.16. The van der Waals surface area contributed by atoms with Crippen molar-refractivity contribution in [1.29, 1.82) is 0 Å². The van der Waals surface area contributed by atoms with Crippen molar-refractivity contribution < 1.29 is 9.66 Å². The van der Waals surface area contributed by atoms with Crippen LogP contribution in [0, 0.1) is 10.1 Å². The van der Waals surface area contributed by atoms with Gasteiger partial charge in [-0.1, -0.05) is 19.3 Å². The van der Waals surface area contributed by atoms with Crippen LogP contribution in [0.25, 0.3) is 0 Å². The molecule has 0 heterocycles. The lowest BCUT2D eigenvalue weighted by molar-refractivity contribution is -0.384. The lowest BCUT2D eigenvalue weighted by Gasteiger charge is -2.22. The third kappa shape index (κ3) is 3.65. The van der Waals surface area contributed by atoms with Crippen molar-refractivity contribution in [3.63, 3.8) is 0 Å². The second-order valence-electron chi connectivity index (χ2n) is 4.81. The minimum Gasteiger partial charge on any atom is -0.373 e. The molecule has 6 heteroatoms. The zero-order valence-corrected chi connectivity index (χ0v) is 10.8. The Kier molecular flexibility index (Phi) is 4.70. The van der Waals surface area contributed by atoms with Crippen molar-refractivity contribution in [1.82, 2.24) is 0 Å². The number of rotatable bonds is 5. The molecule has 0 aliphatic heterocycles. The first-order chi connectivity index (χ1) is 9.20. The highest BCUT2D eigenvalue weighted by atomic mass is 16.6. The summed E-state index contributed by atoms with van der Waals surface area (Å²) in [5.41, 5.74) is 4.00. The van der Waals surface area contributed by atoms with Crippen LogP contribution in [0.2, 0.25) is 0 Å². The number of hydrogen-bond acceptors (Lipinski definition) is 5. The zero-order chi connectivity index (χ0) is 13.7. The van der Waals surface area contributed by atoms with Gasteiger partial charge >= 0.3 is 0 Å². The van der Waals surface area contributed by atoms with Crippen molar-refractivity contribution in [2.45, 2.75) is 44.8 Å². The molecule has 0 amide bonds. The van der Waals surface area contributed by atoms with Gasteiger partial charge in [0, 0.05) is 17.7 Å². The molecule has 0 saturated heterocycles. The smallest absolute Gasteiger partial charge is 0.269 e. The van der Waals surface area contributed by atoms with Gasteiger partial charge in [0.05, 0.1) is 23.3 Å². The predicted octanol–water partition coefficient (Wildman–Crippen LogP) is 2.73. The molecule has 0 radical (unpaired) electrons. The lowest BCUT2D eigenvalue weighted by Crippen LogP contribution is -2.17. The van der Waals surface area contributed by atoms with Gasteiger partial charge in [-0.15, -0.1) is 0 Å². The Morgan fingerprint density at radius 3 is 2.74 bits per heavy atom. The summed E-state index contributed by atoms with van der Waals surface area (Å²) in [4.78, 5) is 10.4. The molecule has 0 atom stereocenters. The number of benzene rings is 1. The van der Waals surface area contributed by atoms with E-state index in [2.05, 4.69) is 5.43 Å². The summed E-state index contributed by atoms with van der Waals surface area (Å²) in [6.45, 7) is 0.353. The molecule has 1 aromatic carbocycles. The fourth-order valence-corrected chi connectivity index (χ4v) is 2.39. The van der Waals surface area contributed by atoms with E-state index in [4.69, 9.17) is 10.6 Å². The molecule has 19 heavy (non-hydrogen) atoms. The fraction of sp³-hybridized carbons (Fsp3) is 0.538. The summed E-state index contributed by atoms with van der Waals surface area (Å²) in [5, 5.41) is 10.8. The van der Waals surface area contributed by atoms with Crippen LogP contribution in [0.4, 0.5) is 11.4 Å². The van der Waals surface area contributed by atoms with Gasteiger partial charge in [0.1, 0.15) is 0 Å². The first-order valence-corrected chi connectivity index (χ1v) is 6.56. The molecule has 2 rings (SSSR count). The first kappa shape index (κ1) is 13.8. The molecule has 1 fully saturated rings. The largest absolute Gasteiger partial charge is 0.373 e. The van der Waals surface area contributed by atoms with E-state index >= 15 is 0 Å². The lowest BCUT2D eigenvalue weighted by atomic mass is 9.98. The van der Waals surface area contributed by atoms with Crippen LogP contribution < -0.4 is 11.3 Å². The summed E-state index contributed by atoms with van der Waals surface area (Å²) in [6.07, 6.45) is 6.06. The van der Waals surface area contributed by atoms with Crippen molar-refractivity contribution in [2.24, 2.45) is 5.84 Å². The number of ether oxygens (including phenoxy) is 1.